The largest absolute Gasteiger partial charge is 0.493 e. The number of halogens is 1. The van der Waals surface area contributed by atoms with Gasteiger partial charge in [0.2, 0.25) is 5.91 Å². The molecule has 0 aliphatic rings. The zero-order valence-electron chi connectivity index (χ0n) is 17.2. The van der Waals surface area contributed by atoms with Crippen molar-refractivity contribution in [3.63, 3.8) is 0 Å². The quantitative estimate of drug-likeness (QED) is 0.488. The van der Waals surface area contributed by atoms with Crippen LogP contribution in [0.4, 0.5) is 11.4 Å². The number of hydrogen-bond donors (Lipinski definition) is 2. The molecule has 3 aromatic carbocycles. The average Bonchev–Trinajstić information content (AvgIpc) is 2.72. The van der Waals surface area contributed by atoms with E-state index in [0.717, 1.165) is 16.9 Å². The highest BCUT2D eigenvalue weighted by atomic mass is 35.5. The summed E-state index contributed by atoms with van der Waals surface area (Å²) in [6.45, 7) is 4.13. The van der Waals surface area contributed by atoms with E-state index in [-0.39, 0.29) is 23.8 Å². The van der Waals surface area contributed by atoms with Gasteiger partial charge in [-0.05, 0) is 73.5 Å². The lowest BCUT2D eigenvalue weighted by Crippen LogP contribution is -2.16. The Labute approximate surface area is 187 Å². The van der Waals surface area contributed by atoms with Crippen molar-refractivity contribution in [1.82, 2.24) is 0 Å². The van der Waals surface area contributed by atoms with Gasteiger partial charge in [0.25, 0.3) is 10.0 Å². The van der Waals surface area contributed by atoms with Gasteiger partial charge in [-0.2, -0.15) is 0 Å². The number of amides is 1. The van der Waals surface area contributed by atoms with Gasteiger partial charge in [0.15, 0.2) is 0 Å². The van der Waals surface area contributed by atoms with Crippen molar-refractivity contribution in [1.29, 1.82) is 0 Å². The highest BCUT2D eigenvalue weighted by molar-refractivity contribution is 7.92. The zero-order valence-corrected chi connectivity index (χ0v) is 18.8. The Morgan fingerprint density at radius 1 is 0.968 bits per heavy atom. The molecule has 6 nitrogen and oxygen atoms in total. The predicted octanol–water partition coefficient (Wildman–Crippen LogP) is 5.17. The summed E-state index contributed by atoms with van der Waals surface area (Å²) in [4.78, 5) is 12.3. The van der Waals surface area contributed by atoms with E-state index < -0.39 is 10.0 Å². The van der Waals surface area contributed by atoms with Gasteiger partial charge < -0.3 is 10.1 Å². The lowest BCUT2D eigenvalue weighted by molar-refractivity contribution is -0.116. The molecular weight excluding hydrogens is 436 g/mol. The molecule has 31 heavy (non-hydrogen) atoms. The van der Waals surface area contributed by atoms with E-state index >= 15 is 0 Å². The van der Waals surface area contributed by atoms with Crippen molar-refractivity contribution in [2.24, 2.45) is 0 Å². The number of nitrogens with one attached hydrogen (secondary N) is 2. The highest BCUT2D eigenvalue weighted by Gasteiger charge is 2.15. The molecule has 0 aromatic heterocycles. The summed E-state index contributed by atoms with van der Waals surface area (Å²) in [5, 5.41) is 3.22. The van der Waals surface area contributed by atoms with E-state index in [9.17, 15) is 13.2 Å². The summed E-state index contributed by atoms with van der Waals surface area (Å²) in [5.41, 5.74) is 2.85. The monoisotopic (exact) mass is 458 g/mol. The molecule has 0 unspecified atom stereocenters. The standard InChI is InChI=1S/C23H23ClN2O4S/c1-16-6-7-17(2)22(14-16)30-13-12-23(27)25-20-4-3-5-21(15-20)31(28,29)26-19-10-8-18(24)9-11-19/h3-11,14-15,26H,12-13H2,1-2H3,(H,25,27). The molecule has 2 N–H and O–H groups in total. The van der Waals surface area contributed by atoms with Crippen molar-refractivity contribution >= 4 is 38.9 Å². The molecule has 0 radical (unpaired) electrons. The molecule has 0 saturated heterocycles. The van der Waals surface area contributed by atoms with Crippen LogP contribution in [0.1, 0.15) is 17.5 Å². The van der Waals surface area contributed by atoms with Crippen LogP contribution in [0.5, 0.6) is 5.75 Å². The molecule has 3 rings (SSSR count). The molecule has 162 valence electrons. The van der Waals surface area contributed by atoms with Gasteiger partial charge in [-0.3, -0.25) is 9.52 Å². The Balaban J connectivity index is 1.59. The summed E-state index contributed by atoms with van der Waals surface area (Å²) >= 11 is 5.83. The molecule has 0 spiro atoms. The first-order chi connectivity index (χ1) is 14.7. The molecule has 3 aromatic rings. The van der Waals surface area contributed by atoms with Gasteiger partial charge in [0, 0.05) is 16.4 Å². The lowest BCUT2D eigenvalue weighted by atomic mass is 10.1. The van der Waals surface area contributed by atoms with E-state index in [0.29, 0.717) is 16.4 Å². The number of ether oxygens (including phenoxy) is 1. The minimum absolute atomic E-state index is 0.0342. The second-order valence-corrected chi connectivity index (χ2v) is 9.17. The minimum atomic E-state index is -3.82. The smallest absolute Gasteiger partial charge is 0.261 e. The maximum absolute atomic E-state index is 12.6. The fraction of sp³-hybridized carbons (Fsp3) is 0.174. The van der Waals surface area contributed by atoms with Crippen molar-refractivity contribution in [2.75, 3.05) is 16.6 Å². The highest BCUT2D eigenvalue weighted by Crippen LogP contribution is 2.21. The summed E-state index contributed by atoms with van der Waals surface area (Å²) in [7, 11) is -3.82. The normalized spacial score (nSPS) is 11.1. The second kappa shape index (κ2) is 9.85. The Hall–Kier alpha value is -3.03. The van der Waals surface area contributed by atoms with Gasteiger partial charge in [-0.1, -0.05) is 29.8 Å². The average molecular weight is 459 g/mol. The Morgan fingerprint density at radius 3 is 2.45 bits per heavy atom. The fourth-order valence-electron chi connectivity index (χ4n) is 2.81. The number of benzene rings is 3. The van der Waals surface area contributed by atoms with Crippen LogP contribution in [0.3, 0.4) is 0 Å². The number of aryl methyl sites for hydroxylation is 2. The molecule has 0 atom stereocenters. The van der Waals surface area contributed by atoms with E-state index in [2.05, 4.69) is 10.0 Å². The molecule has 0 fully saturated rings. The molecule has 1 amide bonds. The number of hydrogen-bond acceptors (Lipinski definition) is 4. The van der Waals surface area contributed by atoms with Crippen molar-refractivity contribution in [3.05, 3.63) is 82.9 Å². The van der Waals surface area contributed by atoms with Crippen LogP contribution in [0.25, 0.3) is 0 Å². The van der Waals surface area contributed by atoms with E-state index in [4.69, 9.17) is 16.3 Å². The first-order valence-electron chi connectivity index (χ1n) is 9.61. The van der Waals surface area contributed by atoms with Crippen molar-refractivity contribution in [3.8, 4) is 5.75 Å². The van der Waals surface area contributed by atoms with Gasteiger partial charge in [0.05, 0.1) is 17.9 Å². The number of carbonyl (C=O) groups excluding carboxylic acids is 1. The zero-order chi connectivity index (χ0) is 22.4. The first kappa shape index (κ1) is 22.7. The number of carbonyl (C=O) groups is 1. The van der Waals surface area contributed by atoms with Gasteiger partial charge >= 0.3 is 0 Å². The van der Waals surface area contributed by atoms with Crippen LogP contribution >= 0.6 is 11.6 Å². The Morgan fingerprint density at radius 2 is 1.71 bits per heavy atom. The summed E-state index contributed by atoms with van der Waals surface area (Å²) in [6.07, 6.45) is 0.132. The number of sulfonamides is 1. The molecule has 0 heterocycles. The minimum Gasteiger partial charge on any atom is -0.493 e. The summed E-state index contributed by atoms with van der Waals surface area (Å²) < 4.78 is 33.5. The third-order valence-corrected chi connectivity index (χ3v) is 6.09. The maximum atomic E-state index is 12.6. The Bertz CT molecular complexity index is 1180. The fourth-order valence-corrected chi connectivity index (χ4v) is 4.04. The van der Waals surface area contributed by atoms with Crippen LogP contribution in [0.2, 0.25) is 5.02 Å². The van der Waals surface area contributed by atoms with Crippen LogP contribution in [0, 0.1) is 13.8 Å². The summed E-state index contributed by atoms with van der Waals surface area (Å²) in [5.74, 6) is 0.472. The third kappa shape index (κ3) is 6.47. The first-order valence-corrected chi connectivity index (χ1v) is 11.5. The molecule has 0 aliphatic carbocycles. The van der Waals surface area contributed by atoms with E-state index in [1.54, 1.807) is 36.4 Å². The van der Waals surface area contributed by atoms with Crippen LogP contribution in [-0.2, 0) is 14.8 Å². The number of anilines is 2. The summed E-state index contributed by atoms with van der Waals surface area (Å²) in [6, 6.07) is 18.3. The number of rotatable bonds is 8. The third-order valence-electron chi connectivity index (χ3n) is 4.45. The SMILES string of the molecule is Cc1ccc(C)c(OCCC(=O)Nc2cccc(S(=O)(=O)Nc3ccc(Cl)cc3)c2)c1. The van der Waals surface area contributed by atoms with Gasteiger partial charge in [0.1, 0.15) is 5.75 Å². The van der Waals surface area contributed by atoms with E-state index in [1.165, 1.54) is 12.1 Å². The van der Waals surface area contributed by atoms with Gasteiger partial charge in [-0.25, -0.2) is 8.42 Å². The van der Waals surface area contributed by atoms with Crippen molar-refractivity contribution in [2.45, 2.75) is 25.2 Å². The topological polar surface area (TPSA) is 84.5 Å². The van der Waals surface area contributed by atoms with Gasteiger partial charge in [-0.15, -0.1) is 0 Å². The molecule has 0 bridgehead atoms. The predicted molar refractivity (Wildman–Crippen MR) is 123 cm³/mol. The molecular formula is C23H23ClN2O4S. The molecule has 0 aliphatic heterocycles. The van der Waals surface area contributed by atoms with E-state index in [1.807, 2.05) is 32.0 Å². The Kier molecular flexibility index (Phi) is 7.20. The molecule has 0 saturated carbocycles. The van der Waals surface area contributed by atoms with Crippen molar-refractivity contribution < 1.29 is 17.9 Å². The second-order valence-electron chi connectivity index (χ2n) is 7.06. The van der Waals surface area contributed by atoms with Crippen LogP contribution in [0.15, 0.2) is 71.6 Å². The lowest BCUT2D eigenvalue weighted by Gasteiger charge is -2.11. The maximum Gasteiger partial charge on any atom is 0.261 e. The van der Waals surface area contributed by atoms with Crippen LogP contribution in [-0.4, -0.2) is 20.9 Å². The van der Waals surface area contributed by atoms with Crippen LogP contribution < -0.4 is 14.8 Å². The molecule has 8 heteroatoms.